The minimum atomic E-state index is 0.0708. The first kappa shape index (κ1) is 30.6. The molecule has 0 atom stereocenters. The van der Waals surface area contributed by atoms with Crippen LogP contribution in [0.15, 0.2) is 0 Å². The summed E-state index contributed by atoms with van der Waals surface area (Å²) in [5, 5.41) is 0. The zero-order valence-corrected chi connectivity index (χ0v) is 23.7. The minimum Gasteiger partial charge on any atom is -0.450 e. The number of esters is 1. The van der Waals surface area contributed by atoms with E-state index in [4.69, 9.17) is 4.74 Å². The molecule has 0 radical (unpaired) electrons. The summed E-state index contributed by atoms with van der Waals surface area (Å²) in [5.41, 5.74) is 0. The van der Waals surface area contributed by atoms with Crippen molar-refractivity contribution in [1.82, 2.24) is 0 Å². The molecule has 2 N–H and O–H groups in total. The monoisotopic (exact) mass is 494 g/mol. The number of nitrogens with one attached hydrogen (secondary N) is 2. The van der Waals surface area contributed by atoms with E-state index in [1.165, 1.54) is 155 Å². The fraction of sp³-hybridized carbons (Fsp3) is 0.968. The van der Waals surface area contributed by atoms with E-state index in [-0.39, 0.29) is 12.1 Å². The molecule has 2 heterocycles. The van der Waals surface area contributed by atoms with E-state index in [1.807, 2.05) is 0 Å². The molecule has 2 aliphatic rings. The van der Waals surface area contributed by atoms with Crippen LogP contribution in [0.25, 0.3) is 0 Å². The Bertz CT molecular complexity index is 460. The first-order chi connectivity index (χ1) is 17.3. The van der Waals surface area contributed by atoms with Gasteiger partial charge in [0, 0.05) is 6.42 Å². The molecule has 2 rings (SSSR count). The van der Waals surface area contributed by atoms with Gasteiger partial charge in [-0.3, -0.25) is 4.79 Å². The molecular formula is C31H62N2O2+2. The normalized spacial score (nSPS) is 18.5. The van der Waals surface area contributed by atoms with Crippen LogP contribution < -0.4 is 9.80 Å². The van der Waals surface area contributed by atoms with Crippen molar-refractivity contribution in [1.29, 1.82) is 0 Å². The molecule has 0 aromatic rings. The van der Waals surface area contributed by atoms with E-state index in [1.54, 1.807) is 9.80 Å². The summed E-state index contributed by atoms with van der Waals surface area (Å²) >= 11 is 0. The van der Waals surface area contributed by atoms with Crippen LogP contribution in [0.5, 0.6) is 0 Å². The lowest BCUT2D eigenvalue weighted by molar-refractivity contribution is -0.923. The number of hydrogen-bond donors (Lipinski definition) is 2. The molecule has 4 heteroatoms. The van der Waals surface area contributed by atoms with Gasteiger partial charge in [-0.25, -0.2) is 0 Å². The molecule has 35 heavy (non-hydrogen) atoms. The van der Waals surface area contributed by atoms with Crippen molar-refractivity contribution in [3.05, 3.63) is 0 Å². The molecule has 4 nitrogen and oxygen atoms in total. The third-order valence-electron chi connectivity index (χ3n) is 8.44. The topological polar surface area (TPSA) is 35.2 Å². The summed E-state index contributed by atoms with van der Waals surface area (Å²) in [4.78, 5) is 16.1. The maximum atomic E-state index is 12.7. The van der Waals surface area contributed by atoms with Crippen LogP contribution in [0.1, 0.15) is 148 Å². The Balaban J connectivity index is 1.56. The van der Waals surface area contributed by atoms with Crippen LogP contribution in [-0.4, -0.2) is 51.3 Å². The maximum absolute atomic E-state index is 12.7. The van der Waals surface area contributed by atoms with Crippen LogP contribution in [0.4, 0.5) is 0 Å². The SMILES string of the molecule is CCCCCCCCCCCCCCCC(=O)OC(C[NH+]1CCCCCC1)C[NH+]1CCCCCC1. The molecule has 0 spiro atoms. The maximum Gasteiger partial charge on any atom is 0.306 e. The molecule has 0 aliphatic carbocycles. The van der Waals surface area contributed by atoms with Crippen LogP contribution in [0, 0.1) is 0 Å². The Morgan fingerprint density at radius 2 is 0.943 bits per heavy atom. The largest absolute Gasteiger partial charge is 0.450 e. The summed E-state index contributed by atoms with van der Waals surface area (Å²) in [6.45, 7) is 9.42. The van der Waals surface area contributed by atoms with E-state index in [9.17, 15) is 4.79 Å². The van der Waals surface area contributed by atoms with Gasteiger partial charge in [0.2, 0.25) is 0 Å². The molecule has 2 saturated heterocycles. The number of carbonyl (C=O) groups excluding carboxylic acids is 1. The lowest BCUT2D eigenvalue weighted by Crippen LogP contribution is -3.16. The average molecular weight is 495 g/mol. The zero-order chi connectivity index (χ0) is 24.8. The highest BCUT2D eigenvalue weighted by Crippen LogP contribution is 2.13. The van der Waals surface area contributed by atoms with Crippen molar-refractivity contribution in [2.75, 3.05) is 39.3 Å². The second-order valence-corrected chi connectivity index (χ2v) is 11.8. The molecule has 0 saturated carbocycles. The van der Waals surface area contributed by atoms with Gasteiger partial charge in [0.15, 0.2) is 6.10 Å². The van der Waals surface area contributed by atoms with E-state index in [0.717, 1.165) is 19.5 Å². The van der Waals surface area contributed by atoms with Crippen molar-refractivity contribution in [3.8, 4) is 0 Å². The lowest BCUT2D eigenvalue weighted by Gasteiger charge is -2.27. The van der Waals surface area contributed by atoms with Gasteiger partial charge < -0.3 is 14.5 Å². The average Bonchev–Trinajstić information content (AvgIpc) is 3.27. The van der Waals surface area contributed by atoms with Gasteiger partial charge >= 0.3 is 5.97 Å². The van der Waals surface area contributed by atoms with Gasteiger partial charge in [0.1, 0.15) is 13.1 Å². The van der Waals surface area contributed by atoms with Crippen LogP contribution in [0.3, 0.4) is 0 Å². The molecule has 0 unspecified atom stereocenters. The van der Waals surface area contributed by atoms with Crippen molar-refractivity contribution < 1.29 is 19.3 Å². The quantitative estimate of drug-likeness (QED) is 0.189. The highest BCUT2D eigenvalue weighted by atomic mass is 16.5. The molecule has 0 bridgehead atoms. The predicted molar refractivity (Wildman–Crippen MR) is 148 cm³/mol. The first-order valence-electron chi connectivity index (χ1n) is 16.1. The molecule has 206 valence electrons. The van der Waals surface area contributed by atoms with Crippen molar-refractivity contribution >= 4 is 5.97 Å². The second kappa shape index (κ2) is 21.5. The van der Waals surface area contributed by atoms with Crippen molar-refractivity contribution in [2.45, 2.75) is 154 Å². The summed E-state index contributed by atoms with van der Waals surface area (Å²) in [5.74, 6) is 0.0708. The zero-order valence-electron chi connectivity index (χ0n) is 23.7. The molecule has 0 aromatic heterocycles. The number of ether oxygens (including phenoxy) is 1. The smallest absolute Gasteiger partial charge is 0.306 e. The summed E-state index contributed by atoms with van der Waals surface area (Å²) in [6, 6.07) is 0. The summed E-state index contributed by atoms with van der Waals surface area (Å²) in [7, 11) is 0. The first-order valence-corrected chi connectivity index (χ1v) is 16.1. The van der Waals surface area contributed by atoms with E-state index >= 15 is 0 Å². The number of likely N-dealkylation sites (tertiary alicyclic amines) is 2. The second-order valence-electron chi connectivity index (χ2n) is 11.8. The lowest BCUT2D eigenvalue weighted by atomic mass is 10.0. The van der Waals surface area contributed by atoms with E-state index in [2.05, 4.69) is 6.92 Å². The summed E-state index contributed by atoms with van der Waals surface area (Å²) in [6.07, 6.45) is 29.1. The highest BCUT2D eigenvalue weighted by molar-refractivity contribution is 5.69. The summed E-state index contributed by atoms with van der Waals surface area (Å²) < 4.78 is 6.16. The molecule has 2 fully saturated rings. The van der Waals surface area contributed by atoms with Gasteiger partial charge in [-0.05, 0) is 57.8 Å². The predicted octanol–water partition coefficient (Wildman–Crippen LogP) is 5.30. The molecular weight excluding hydrogens is 432 g/mol. The fourth-order valence-corrected chi connectivity index (χ4v) is 6.20. The van der Waals surface area contributed by atoms with E-state index in [0.29, 0.717) is 6.42 Å². The Morgan fingerprint density at radius 1 is 0.571 bits per heavy atom. The Labute approximate surface area is 218 Å². The third-order valence-corrected chi connectivity index (χ3v) is 8.44. The van der Waals surface area contributed by atoms with Gasteiger partial charge in [-0.1, -0.05) is 84.0 Å². The minimum absolute atomic E-state index is 0.0708. The highest BCUT2D eigenvalue weighted by Gasteiger charge is 2.27. The third kappa shape index (κ3) is 16.7. The van der Waals surface area contributed by atoms with Crippen molar-refractivity contribution in [3.63, 3.8) is 0 Å². The standard InChI is InChI=1S/C31H60N2O2/c1-2-3-4-5-6-7-8-9-10-11-12-13-18-23-31(34)35-30(28-32-24-19-14-15-20-25-32)29-33-26-21-16-17-22-27-33/h30H,2-29H2,1H3/p+2. The van der Waals surface area contributed by atoms with Gasteiger partial charge in [0.05, 0.1) is 26.2 Å². The molecule has 2 aliphatic heterocycles. The van der Waals surface area contributed by atoms with Gasteiger partial charge in [-0.2, -0.15) is 0 Å². The Morgan fingerprint density at radius 3 is 1.34 bits per heavy atom. The van der Waals surface area contributed by atoms with Crippen molar-refractivity contribution in [2.24, 2.45) is 0 Å². The number of quaternary nitrogens is 2. The van der Waals surface area contributed by atoms with E-state index < -0.39 is 0 Å². The van der Waals surface area contributed by atoms with Gasteiger partial charge in [-0.15, -0.1) is 0 Å². The number of hydrogen-bond acceptors (Lipinski definition) is 2. The van der Waals surface area contributed by atoms with Crippen LogP contribution in [0.2, 0.25) is 0 Å². The number of carbonyl (C=O) groups is 1. The van der Waals surface area contributed by atoms with Gasteiger partial charge in [0.25, 0.3) is 0 Å². The molecule has 0 aromatic carbocycles. The number of rotatable bonds is 19. The van der Waals surface area contributed by atoms with Crippen LogP contribution in [-0.2, 0) is 9.53 Å². The Kier molecular flexibility index (Phi) is 18.8. The molecule has 0 amide bonds. The fourth-order valence-electron chi connectivity index (χ4n) is 6.20. The van der Waals surface area contributed by atoms with Crippen LogP contribution >= 0.6 is 0 Å². The number of unbranched alkanes of at least 4 members (excludes halogenated alkanes) is 12. The Hall–Kier alpha value is -0.610.